The number of para-hydroxylation sites is 1. The van der Waals surface area contributed by atoms with Crippen LogP contribution in [-0.2, 0) is 4.79 Å². The summed E-state index contributed by atoms with van der Waals surface area (Å²) in [5.41, 5.74) is 0.553. The Bertz CT molecular complexity index is 772. The van der Waals surface area contributed by atoms with Gasteiger partial charge in [0.05, 0.1) is 11.1 Å². The van der Waals surface area contributed by atoms with Crippen molar-refractivity contribution in [2.45, 2.75) is 6.42 Å². The molecule has 1 aliphatic heterocycles. The van der Waals surface area contributed by atoms with Crippen LogP contribution in [-0.4, -0.2) is 34.5 Å². The molecule has 1 saturated heterocycles. The van der Waals surface area contributed by atoms with Crippen molar-refractivity contribution in [2.24, 2.45) is 0 Å². The van der Waals surface area contributed by atoms with Crippen LogP contribution in [0.1, 0.15) is 16.8 Å². The van der Waals surface area contributed by atoms with Crippen LogP contribution in [0.15, 0.2) is 30.3 Å². The van der Waals surface area contributed by atoms with E-state index in [9.17, 15) is 19.5 Å². The number of nitrogens with one attached hydrogen (secondary N) is 1. The number of carbonyl (C=O) groups is 3. The number of fused-ring (bicyclic) bond motifs is 1. The first-order valence-electron chi connectivity index (χ1n) is 6.30. The Balaban J connectivity index is 2.13. The first kappa shape index (κ1) is 13.0. The molecule has 0 atom stereocenters. The van der Waals surface area contributed by atoms with Gasteiger partial charge in [0.25, 0.3) is 0 Å². The second kappa shape index (κ2) is 4.86. The third-order valence-electron chi connectivity index (χ3n) is 3.26. The molecule has 2 N–H and O–H groups in total. The lowest BCUT2D eigenvalue weighted by molar-refractivity contribution is -0.120. The van der Waals surface area contributed by atoms with Gasteiger partial charge in [0.15, 0.2) is 0 Å². The Morgan fingerprint density at radius 1 is 1.29 bits per heavy atom. The molecule has 0 radical (unpaired) electrons. The van der Waals surface area contributed by atoms with Gasteiger partial charge in [-0.3, -0.25) is 15.0 Å². The Labute approximate surface area is 119 Å². The van der Waals surface area contributed by atoms with E-state index in [1.807, 2.05) is 0 Å². The van der Waals surface area contributed by atoms with Gasteiger partial charge in [-0.05, 0) is 12.1 Å². The molecule has 0 unspecified atom stereocenters. The fraction of sp³-hybridized carbons (Fsp3) is 0.143. The summed E-state index contributed by atoms with van der Waals surface area (Å²) in [6.45, 7) is 0.176. The van der Waals surface area contributed by atoms with Crippen molar-refractivity contribution in [3.63, 3.8) is 0 Å². The van der Waals surface area contributed by atoms with Gasteiger partial charge < -0.3 is 5.11 Å². The molecule has 3 amide bonds. The van der Waals surface area contributed by atoms with E-state index in [0.29, 0.717) is 10.9 Å². The monoisotopic (exact) mass is 285 g/mol. The van der Waals surface area contributed by atoms with Crippen molar-refractivity contribution in [1.29, 1.82) is 0 Å². The highest BCUT2D eigenvalue weighted by Crippen LogP contribution is 2.24. The van der Waals surface area contributed by atoms with E-state index in [1.54, 1.807) is 24.3 Å². The van der Waals surface area contributed by atoms with Crippen LogP contribution in [0, 0.1) is 0 Å². The van der Waals surface area contributed by atoms with E-state index in [-0.39, 0.29) is 30.3 Å². The Morgan fingerprint density at radius 2 is 2.05 bits per heavy atom. The van der Waals surface area contributed by atoms with Crippen LogP contribution in [0.3, 0.4) is 0 Å². The molecule has 0 spiro atoms. The number of carbonyl (C=O) groups excluding carboxylic acids is 2. The molecular weight excluding hydrogens is 274 g/mol. The maximum absolute atomic E-state index is 11.8. The summed E-state index contributed by atoms with van der Waals surface area (Å²) in [6.07, 6.45) is 0.155. The van der Waals surface area contributed by atoms with E-state index >= 15 is 0 Å². The first-order valence-corrected chi connectivity index (χ1v) is 6.30. The highest BCUT2D eigenvalue weighted by Gasteiger charge is 2.26. The van der Waals surface area contributed by atoms with Gasteiger partial charge in [0.2, 0.25) is 5.91 Å². The maximum atomic E-state index is 11.8. The van der Waals surface area contributed by atoms with E-state index in [2.05, 4.69) is 10.3 Å². The molecule has 0 bridgehead atoms. The number of pyridine rings is 1. The molecular formula is C14H11N3O4. The number of urea groups is 1. The third kappa shape index (κ3) is 2.29. The van der Waals surface area contributed by atoms with Crippen molar-refractivity contribution in [2.75, 3.05) is 11.4 Å². The zero-order valence-corrected chi connectivity index (χ0v) is 10.9. The predicted octanol–water partition coefficient (Wildman–Crippen LogP) is 1.38. The van der Waals surface area contributed by atoms with Crippen molar-refractivity contribution >= 4 is 34.6 Å². The van der Waals surface area contributed by atoms with E-state index in [1.165, 1.54) is 11.0 Å². The van der Waals surface area contributed by atoms with Crippen molar-refractivity contribution in [1.82, 2.24) is 10.3 Å². The smallest absolute Gasteiger partial charge is 0.336 e. The van der Waals surface area contributed by atoms with E-state index < -0.39 is 12.0 Å². The van der Waals surface area contributed by atoms with Gasteiger partial charge >= 0.3 is 12.0 Å². The number of benzene rings is 1. The Hall–Kier alpha value is -2.96. The molecule has 1 fully saturated rings. The van der Waals surface area contributed by atoms with E-state index in [0.717, 1.165) is 0 Å². The Morgan fingerprint density at radius 3 is 2.76 bits per heavy atom. The van der Waals surface area contributed by atoms with Gasteiger partial charge in [-0.25, -0.2) is 14.6 Å². The number of nitrogens with zero attached hydrogens (tertiary/aromatic N) is 2. The fourth-order valence-electron chi connectivity index (χ4n) is 2.26. The van der Waals surface area contributed by atoms with Gasteiger partial charge in [-0.15, -0.1) is 0 Å². The SMILES string of the molecule is O=C1CCN(c2cc(C(=O)O)c3ccccc3n2)C(=O)N1. The quantitative estimate of drug-likeness (QED) is 0.868. The number of hydrogen-bond acceptors (Lipinski definition) is 4. The summed E-state index contributed by atoms with van der Waals surface area (Å²) in [7, 11) is 0. The van der Waals surface area contributed by atoms with Crippen molar-refractivity contribution in [3.05, 3.63) is 35.9 Å². The lowest BCUT2D eigenvalue weighted by atomic mass is 10.1. The lowest BCUT2D eigenvalue weighted by Crippen LogP contribution is -2.50. The first-order chi connectivity index (χ1) is 10.1. The molecule has 21 heavy (non-hydrogen) atoms. The summed E-state index contributed by atoms with van der Waals surface area (Å²) in [5.74, 6) is -1.23. The van der Waals surface area contributed by atoms with Crippen molar-refractivity contribution < 1.29 is 19.5 Å². The molecule has 1 aromatic carbocycles. The zero-order valence-electron chi connectivity index (χ0n) is 10.9. The standard InChI is InChI=1S/C14H11N3O4/c18-12-5-6-17(14(21)16-12)11-7-9(13(19)20)8-3-1-2-4-10(8)15-11/h1-4,7H,5-6H2,(H,19,20)(H,16,18,21). The zero-order chi connectivity index (χ0) is 15.0. The molecule has 1 aromatic heterocycles. The summed E-state index contributed by atoms with van der Waals surface area (Å²) < 4.78 is 0. The average Bonchev–Trinajstić information content (AvgIpc) is 2.46. The highest BCUT2D eigenvalue weighted by molar-refractivity contribution is 6.08. The van der Waals surface area contributed by atoms with Crippen LogP contribution in [0.2, 0.25) is 0 Å². The minimum Gasteiger partial charge on any atom is -0.478 e. The van der Waals surface area contributed by atoms with Crippen LogP contribution in [0.5, 0.6) is 0 Å². The highest BCUT2D eigenvalue weighted by atomic mass is 16.4. The number of rotatable bonds is 2. The number of anilines is 1. The predicted molar refractivity (Wildman–Crippen MR) is 74.2 cm³/mol. The number of amides is 3. The molecule has 2 aromatic rings. The molecule has 1 aliphatic rings. The normalized spacial score (nSPS) is 15.1. The third-order valence-corrected chi connectivity index (χ3v) is 3.26. The fourth-order valence-corrected chi connectivity index (χ4v) is 2.26. The summed E-state index contributed by atoms with van der Waals surface area (Å²) in [6, 6.07) is 7.56. The minimum absolute atomic E-state index is 0.0697. The molecule has 106 valence electrons. The largest absolute Gasteiger partial charge is 0.478 e. The van der Waals surface area contributed by atoms with Gasteiger partial charge in [0, 0.05) is 18.4 Å². The Kier molecular flexibility index (Phi) is 3.02. The number of aromatic nitrogens is 1. The molecule has 2 heterocycles. The van der Waals surface area contributed by atoms with Gasteiger partial charge in [-0.1, -0.05) is 18.2 Å². The number of hydrogen-bond donors (Lipinski definition) is 2. The number of carboxylic acids is 1. The number of imide groups is 1. The number of aromatic carboxylic acids is 1. The molecule has 3 rings (SSSR count). The second-order valence-electron chi connectivity index (χ2n) is 4.61. The maximum Gasteiger partial charge on any atom is 0.336 e. The van der Waals surface area contributed by atoms with Crippen LogP contribution in [0.25, 0.3) is 10.9 Å². The summed E-state index contributed by atoms with van der Waals surface area (Å²) in [4.78, 5) is 39.9. The minimum atomic E-state index is -1.09. The second-order valence-corrected chi connectivity index (χ2v) is 4.61. The molecule has 7 nitrogen and oxygen atoms in total. The van der Waals surface area contributed by atoms with Gasteiger partial charge in [-0.2, -0.15) is 0 Å². The number of carboxylic acid groups (broad SMARTS) is 1. The molecule has 0 aliphatic carbocycles. The average molecular weight is 285 g/mol. The summed E-state index contributed by atoms with van der Waals surface area (Å²) >= 11 is 0. The van der Waals surface area contributed by atoms with Crippen molar-refractivity contribution in [3.8, 4) is 0 Å². The lowest BCUT2D eigenvalue weighted by Gasteiger charge is -2.26. The molecule has 7 heteroatoms. The van der Waals surface area contributed by atoms with E-state index in [4.69, 9.17) is 0 Å². The van der Waals surface area contributed by atoms with Crippen LogP contribution >= 0.6 is 0 Å². The topological polar surface area (TPSA) is 99.6 Å². The molecule has 0 saturated carbocycles. The van der Waals surface area contributed by atoms with Crippen LogP contribution < -0.4 is 10.2 Å². The van der Waals surface area contributed by atoms with Gasteiger partial charge in [0.1, 0.15) is 5.82 Å². The van der Waals surface area contributed by atoms with Crippen LogP contribution in [0.4, 0.5) is 10.6 Å². The summed E-state index contributed by atoms with van der Waals surface area (Å²) in [5, 5.41) is 12.0.